The van der Waals surface area contributed by atoms with Crippen LogP contribution in [0.5, 0.6) is 0 Å². The maximum atomic E-state index is 12.8. The van der Waals surface area contributed by atoms with Gasteiger partial charge in [-0.1, -0.05) is 6.42 Å². The Morgan fingerprint density at radius 2 is 2.33 bits per heavy atom. The first kappa shape index (κ1) is 16.0. The Labute approximate surface area is 143 Å². The number of hydrogen-bond acceptors (Lipinski definition) is 4. The highest BCUT2D eigenvalue weighted by Crippen LogP contribution is 2.42. The van der Waals surface area contributed by atoms with Gasteiger partial charge in [0.1, 0.15) is 0 Å². The van der Waals surface area contributed by atoms with E-state index in [0.717, 1.165) is 37.9 Å². The van der Waals surface area contributed by atoms with Gasteiger partial charge < -0.3 is 14.4 Å². The van der Waals surface area contributed by atoms with Crippen molar-refractivity contribution in [2.75, 3.05) is 39.5 Å². The van der Waals surface area contributed by atoms with Crippen LogP contribution in [0, 0.1) is 24.2 Å². The van der Waals surface area contributed by atoms with Gasteiger partial charge in [0.15, 0.2) is 0 Å². The highest BCUT2D eigenvalue weighted by atomic mass is 16.5. The maximum absolute atomic E-state index is 12.8. The van der Waals surface area contributed by atoms with Crippen LogP contribution in [0.4, 0.5) is 0 Å². The van der Waals surface area contributed by atoms with Crippen LogP contribution in [-0.2, 0) is 9.47 Å². The zero-order valence-corrected chi connectivity index (χ0v) is 14.4. The van der Waals surface area contributed by atoms with Crippen LogP contribution >= 0.6 is 0 Å². The molecule has 0 unspecified atom stereocenters. The molecule has 1 aromatic rings. The smallest absolute Gasteiger partial charge is 0.255 e. The number of fused-ring (bicyclic) bond motifs is 1. The molecule has 130 valence electrons. The second-order valence-corrected chi connectivity index (χ2v) is 7.76. The van der Waals surface area contributed by atoms with Gasteiger partial charge in [0, 0.05) is 42.9 Å². The molecule has 0 N–H and O–H groups in total. The Kier molecular flexibility index (Phi) is 4.31. The molecule has 1 saturated carbocycles. The third-order valence-electron chi connectivity index (χ3n) is 5.93. The van der Waals surface area contributed by atoms with Crippen LogP contribution in [-0.4, -0.2) is 55.3 Å². The Morgan fingerprint density at radius 3 is 3.04 bits per heavy atom. The van der Waals surface area contributed by atoms with Crippen LogP contribution in [0.25, 0.3) is 0 Å². The highest BCUT2D eigenvalue weighted by molar-refractivity contribution is 5.94. The van der Waals surface area contributed by atoms with E-state index in [1.54, 1.807) is 6.20 Å². The van der Waals surface area contributed by atoms with E-state index >= 15 is 0 Å². The summed E-state index contributed by atoms with van der Waals surface area (Å²) in [5, 5.41) is 0. The lowest BCUT2D eigenvalue weighted by Gasteiger charge is -2.30. The van der Waals surface area contributed by atoms with Gasteiger partial charge in [-0.3, -0.25) is 9.78 Å². The van der Waals surface area contributed by atoms with Crippen LogP contribution in [0.2, 0.25) is 0 Å². The molecule has 0 bridgehead atoms. The van der Waals surface area contributed by atoms with Gasteiger partial charge in [-0.25, -0.2) is 0 Å². The summed E-state index contributed by atoms with van der Waals surface area (Å²) in [6.45, 7) is 6.45. The van der Waals surface area contributed by atoms with Gasteiger partial charge >= 0.3 is 0 Å². The Bertz CT molecular complexity index is 599. The molecule has 0 spiro atoms. The Hall–Kier alpha value is -1.46. The van der Waals surface area contributed by atoms with Crippen LogP contribution in [0.15, 0.2) is 18.3 Å². The molecule has 1 aliphatic carbocycles. The number of carbonyl (C=O) groups excluding carboxylic acids is 1. The molecule has 3 fully saturated rings. The normalized spacial score (nSPS) is 29.5. The molecule has 0 aromatic carbocycles. The molecule has 5 nitrogen and oxygen atoms in total. The minimum atomic E-state index is -0.0163. The summed E-state index contributed by atoms with van der Waals surface area (Å²) < 4.78 is 11.8. The monoisotopic (exact) mass is 330 g/mol. The second-order valence-electron chi connectivity index (χ2n) is 7.76. The van der Waals surface area contributed by atoms with Gasteiger partial charge in [0.25, 0.3) is 5.91 Å². The first-order valence-corrected chi connectivity index (χ1v) is 9.04. The summed E-state index contributed by atoms with van der Waals surface area (Å²) in [7, 11) is 0. The summed E-state index contributed by atoms with van der Waals surface area (Å²) in [5.41, 5.74) is 1.59. The second kappa shape index (κ2) is 6.45. The largest absolute Gasteiger partial charge is 0.380 e. The molecule has 4 rings (SSSR count). The zero-order chi connectivity index (χ0) is 16.6. The van der Waals surface area contributed by atoms with E-state index in [-0.39, 0.29) is 11.3 Å². The van der Waals surface area contributed by atoms with Crippen LogP contribution < -0.4 is 0 Å². The topological polar surface area (TPSA) is 51.7 Å². The molecule has 2 aliphatic heterocycles. The first-order chi connectivity index (χ1) is 11.7. The predicted molar refractivity (Wildman–Crippen MR) is 89.8 cm³/mol. The van der Waals surface area contributed by atoms with Crippen molar-refractivity contribution in [3.05, 3.63) is 29.6 Å². The third-order valence-corrected chi connectivity index (χ3v) is 5.93. The van der Waals surface area contributed by atoms with E-state index in [1.165, 1.54) is 19.3 Å². The summed E-state index contributed by atoms with van der Waals surface area (Å²) in [6.07, 6.45) is 5.63. The molecule has 2 saturated heterocycles. The molecule has 1 amide bonds. The minimum Gasteiger partial charge on any atom is -0.380 e. The highest BCUT2D eigenvalue weighted by Gasteiger charge is 2.52. The number of nitrogens with zero attached hydrogens (tertiary/aromatic N) is 2. The minimum absolute atomic E-state index is 0.0163. The molecular formula is C19H26N2O3. The van der Waals surface area contributed by atoms with E-state index in [9.17, 15) is 4.79 Å². The van der Waals surface area contributed by atoms with Gasteiger partial charge in [-0.05, 0) is 37.8 Å². The van der Waals surface area contributed by atoms with E-state index in [1.807, 2.05) is 24.0 Å². The number of aryl methyl sites for hydroxylation is 1. The van der Waals surface area contributed by atoms with Crippen LogP contribution in [0.1, 0.15) is 35.3 Å². The summed E-state index contributed by atoms with van der Waals surface area (Å²) in [6, 6.07) is 3.76. The number of hydrogen-bond donors (Lipinski definition) is 0. The van der Waals surface area contributed by atoms with Gasteiger partial charge in [0.05, 0.1) is 25.4 Å². The van der Waals surface area contributed by atoms with Crippen molar-refractivity contribution in [1.82, 2.24) is 9.88 Å². The van der Waals surface area contributed by atoms with Crippen molar-refractivity contribution in [2.45, 2.75) is 26.2 Å². The number of ether oxygens (including phenoxy) is 2. The average Bonchev–Trinajstić information content (AvgIpc) is 3.07. The molecule has 24 heavy (non-hydrogen) atoms. The molecule has 5 heteroatoms. The molecule has 0 radical (unpaired) electrons. The number of aromatic nitrogens is 1. The summed E-state index contributed by atoms with van der Waals surface area (Å²) >= 11 is 0. The first-order valence-electron chi connectivity index (χ1n) is 9.04. The number of amides is 1. The van der Waals surface area contributed by atoms with Gasteiger partial charge in [-0.2, -0.15) is 0 Å². The van der Waals surface area contributed by atoms with Crippen molar-refractivity contribution < 1.29 is 14.3 Å². The zero-order valence-electron chi connectivity index (χ0n) is 14.4. The Morgan fingerprint density at radius 1 is 1.46 bits per heavy atom. The predicted octanol–water partition coefficient (Wildman–Crippen LogP) is 2.30. The van der Waals surface area contributed by atoms with E-state index in [0.29, 0.717) is 24.7 Å². The fourth-order valence-corrected chi connectivity index (χ4v) is 4.06. The molecular weight excluding hydrogens is 304 g/mol. The number of pyridine rings is 1. The molecule has 2 atom stereocenters. The summed E-state index contributed by atoms with van der Waals surface area (Å²) in [4.78, 5) is 19.0. The van der Waals surface area contributed by atoms with E-state index < -0.39 is 0 Å². The standard InChI is InChI=1S/C19H26N2O3/c1-14-5-6-16(7-20-14)18(22)21-8-17-10-24-13-19(17,11-21)12-23-9-15-3-2-4-15/h5-7,15,17H,2-4,8-13H2,1H3/t17-,19-/m1/s1. The lowest BCUT2D eigenvalue weighted by molar-refractivity contribution is -0.0000963. The molecule has 3 aliphatic rings. The number of likely N-dealkylation sites (tertiary alicyclic amines) is 1. The fraction of sp³-hybridized carbons (Fsp3) is 0.684. The Balaban J connectivity index is 1.40. The van der Waals surface area contributed by atoms with Crippen molar-refractivity contribution in [3.8, 4) is 0 Å². The molecule has 1 aromatic heterocycles. The number of rotatable bonds is 5. The van der Waals surface area contributed by atoms with Crippen molar-refractivity contribution >= 4 is 5.91 Å². The fourth-order valence-electron chi connectivity index (χ4n) is 4.06. The average molecular weight is 330 g/mol. The van der Waals surface area contributed by atoms with Crippen molar-refractivity contribution in [1.29, 1.82) is 0 Å². The summed E-state index contributed by atoms with van der Waals surface area (Å²) in [5.74, 6) is 1.22. The SMILES string of the molecule is Cc1ccc(C(=O)N2C[C@@H]3COC[C@]3(COCC3CCC3)C2)cn1. The maximum Gasteiger partial charge on any atom is 0.255 e. The third kappa shape index (κ3) is 2.95. The lowest BCUT2D eigenvalue weighted by atomic mass is 9.81. The van der Waals surface area contributed by atoms with Crippen molar-refractivity contribution in [3.63, 3.8) is 0 Å². The quantitative estimate of drug-likeness (QED) is 0.831. The van der Waals surface area contributed by atoms with Gasteiger partial charge in [0.2, 0.25) is 0 Å². The lowest BCUT2D eigenvalue weighted by Crippen LogP contribution is -2.38. The molecule has 3 heterocycles. The van der Waals surface area contributed by atoms with E-state index in [4.69, 9.17) is 9.47 Å². The van der Waals surface area contributed by atoms with E-state index in [2.05, 4.69) is 4.98 Å². The van der Waals surface area contributed by atoms with Crippen LogP contribution in [0.3, 0.4) is 0 Å². The number of carbonyl (C=O) groups is 1. The van der Waals surface area contributed by atoms with Crippen molar-refractivity contribution in [2.24, 2.45) is 17.3 Å². The van der Waals surface area contributed by atoms with Gasteiger partial charge in [-0.15, -0.1) is 0 Å².